The Balaban J connectivity index is 1.18. The molecule has 0 aliphatic carbocycles. The maximum atomic E-state index is 12.9. The third-order valence-electron chi connectivity index (χ3n) is 5.76. The normalized spacial score (nSPS) is 14.5. The molecule has 0 radical (unpaired) electrons. The summed E-state index contributed by atoms with van der Waals surface area (Å²) >= 11 is 12.9. The second-order valence-corrected chi connectivity index (χ2v) is 10.1. The van der Waals surface area contributed by atoms with Crippen molar-refractivity contribution in [2.45, 2.75) is 6.61 Å². The molecule has 8 heteroatoms. The molecule has 4 aromatic carbocycles. The number of carbonyl (C=O) groups excluding carboxylic acids is 2. The molecule has 5 rings (SSSR count). The number of fused-ring (bicyclic) bond motifs is 1. The number of halogens is 2. The van der Waals surface area contributed by atoms with Gasteiger partial charge in [-0.1, -0.05) is 77.8 Å². The molecule has 1 aliphatic heterocycles. The third kappa shape index (κ3) is 5.93. The van der Waals surface area contributed by atoms with Crippen LogP contribution in [0, 0.1) is 0 Å². The van der Waals surface area contributed by atoms with Gasteiger partial charge < -0.3 is 9.47 Å². The van der Waals surface area contributed by atoms with E-state index in [9.17, 15) is 9.59 Å². The molecule has 0 aromatic heterocycles. The number of benzene rings is 4. The van der Waals surface area contributed by atoms with Gasteiger partial charge in [-0.2, -0.15) is 0 Å². The fraction of sp³-hybridized carbons (Fsp3) is 0.103. The van der Waals surface area contributed by atoms with E-state index in [1.54, 1.807) is 18.2 Å². The Morgan fingerprint density at radius 3 is 2.43 bits per heavy atom. The molecular formula is C29H21Cl2NO4S. The van der Waals surface area contributed by atoms with E-state index < -0.39 is 0 Å². The number of amides is 2. The van der Waals surface area contributed by atoms with E-state index in [2.05, 4.69) is 0 Å². The number of nitrogens with zero attached hydrogens (tertiary/aromatic N) is 1. The summed E-state index contributed by atoms with van der Waals surface area (Å²) in [6.45, 7) is 0.729. The van der Waals surface area contributed by atoms with Gasteiger partial charge >= 0.3 is 0 Å². The number of hydrogen-bond acceptors (Lipinski definition) is 5. The first-order chi connectivity index (χ1) is 18.0. The summed E-state index contributed by atoms with van der Waals surface area (Å²) < 4.78 is 11.7. The van der Waals surface area contributed by atoms with Gasteiger partial charge in [0.05, 0.1) is 21.5 Å². The molecule has 186 valence electrons. The van der Waals surface area contributed by atoms with Crippen LogP contribution in [0.25, 0.3) is 16.8 Å². The second kappa shape index (κ2) is 11.3. The monoisotopic (exact) mass is 549 g/mol. The molecule has 1 saturated heterocycles. The van der Waals surface area contributed by atoms with Crippen molar-refractivity contribution in [2.75, 3.05) is 13.2 Å². The summed E-state index contributed by atoms with van der Waals surface area (Å²) in [4.78, 5) is 27.0. The quantitative estimate of drug-likeness (QED) is 0.209. The average molecular weight is 550 g/mol. The highest BCUT2D eigenvalue weighted by Gasteiger charge is 2.34. The highest BCUT2D eigenvalue weighted by Crippen LogP contribution is 2.33. The Labute approximate surface area is 228 Å². The van der Waals surface area contributed by atoms with Crippen LogP contribution in [0.4, 0.5) is 4.79 Å². The van der Waals surface area contributed by atoms with Crippen molar-refractivity contribution in [3.05, 3.63) is 111 Å². The van der Waals surface area contributed by atoms with Crippen LogP contribution in [-0.4, -0.2) is 29.2 Å². The van der Waals surface area contributed by atoms with Gasteiger partial charge in [0.15, 0.2) is 0 Å². The molecule has 0 atom stereocenters. The Morgan fingerprint density at radius 2 is 1.62 bits per heavy atom. The van der Waals surface area contributed by atoms with E-state index in [1.807, 2.05) is 72.8 Å². The highest BCUT2D eigenvalue weighted by molar-refractivity contribution is 8.18. The van der Waals surface area contributed by atoms with Crippen LogP contribution in [0.15, 0.2) is 89.8 Å². The average Bonchev–Trinajstić information content (AvgIpc) is 3.17. The van der Waals surface area contributed by atoms with Gasteiger partial charge in [0.25, 0.3) is 11.1 Å². The van der Waals surface area contributed by atoms with Crippen molar-refractivity contribution in [2.24, 2.45) is 0 Å². The molecule has 0 unspecified atom stereocenters. The first-order valence-electron chi connectivity index (χ1n) is 11.5. The summed E-state index contributed by atoms with van der Waals surface area (Å²) in [6.07, 6.45) is 1.71. The predicted octanol–water partition coefficient (Wildman–Crippen LogP) is 7.84. The molecule has 0 N–H and O–H groups in total. The molecule has 4 aromatic rings. The lowest BCUT2D eigenvalue weighted by Crippen LogP contribution is -2.32. The number of thioether (sulfide) groups is 1. The number of hydrogen-bond donors (Lipinski definition) is 0. The predicted molar refractivity (Wildman–Crippen MR) is 149 cm³/mol. The summed E-state index contributed by atoms with van der Waals surface area (Å²) in [5, 5.41) is 2.73. The zero-order valence-electron chi connectivity index (χ0n) is 19.5. The Kier molecular flexibility index (Phi) is 7.70. The smallest absolute Gasteiger partial charge is 0.293 e. The molecule has 5 nitrogen and oxygen atoms in total. The zero-order chi connectivity index (χ0) is 25.8. The summed E-state index contributed by atoms with van der Waals surface area (Å²) in [6, 6.07) is 26.4. The minimum atomic E-state index is -0.323. The largest absolute Gasteiger partial charge is 0.491 e. The molecule has 0 saturated carbocycles. The van der Waals surface area contributed by atoms with E-state index in [1.165, 1.54) is 4.90 Å². The molecule has 0 spiro atoms. The second-order valence-electron chi connectivity index (χ2n) is 8.27. The first kappa shape index (κ1) is 25.2. The van der Waals surface area contributed by atoms with Gasteiger partial charge in [0.2, 0.25) is 0 Å². The lowest BCUT2D eigenvalue weighted by molar-refractivity contribution is -0.123. The SMILES string of the molecule is O=C1S/C(=C\c2ccc(OCc3ccc(Cl)c(Cl)c3)cc2)C(=O)N1CCOc1cccc2ccccc12. The Hall–Kier alpha value is -3.45. The number of imide groups is 1. The summed E-state index contributed by atoms with van der Waals surface area (Å²) in [7, 11) is 0. The third-order valence-corrected chi connectivity index (χ3v) is 7.41. The minimum Gasteiger partial charge on any atom is -0.491 e. The van der Waals surface area contributed by atoms with Crippen molar-refractivity contribution >= 4 is 63.0 Å². The fourth-order valence-corrected chi connectivity index (χ4v) is 5.05. The topological polar surface area (TPSA) is 55.8 Å². The maximum Gasteiger partial charge on any atom is 0.293 e. The van der Waals surface area contributed by atoms with E-state index in [4.69, 9.17) is 32.7 Å². The van der Waals surface area contributed by atoms with Crippen LogP contribution in [0.1, 0.15) is 11.1 Å². The zero-order valence-corrected chi connectivity index (χ0v) is 21.9. The molecule has 37 heavy (non-hydrogen) atoms. The maximum absolute atomic E-state index is 12.9. The van der Waals surface area contributed by atoms with Gasteiger partial charge in [0, 0.05) is 5.39 Å². The molecule has 2 amide bonds. The van der Waals surface area contributed by atoms with Crippen LogP contribution < -0.4 is 9.47 Å². The molecule has 1 aliphatic rings. The Morgan fingerprint density at radius 1 is 0.838 bits per heavy atom. The summed E-state index contributed by atoms with van der Waals surface area (Å²) in [5.41, 5.74) is 1.69. The van der Waals surface area contributed by atoms with E-state index in [-0.39, 0.29) is 24.3 Å². The molecule has 1 heterocycles. The van der Waals surface area contributed by atoms with Crippen molar-refractivity contribution < 1.29 is 19.1 Å². The number of rotatable bonds is 8. The van der Waals surface area contributed by atoms with E-state index in [0.29, 0.717) is 27.3 Å². The van der Waals surface area contributed by atoms with Crippen LogP contribution in [0.2, 0.25) is 10.0 Å². The molecule has 0 bridgehead atoms. The summed E-state index contributed by atoms with van der Waals surface area (Å²) in [5.74, 6) is 1.07. The number of carbonyl (C=O) groups is 2. The van der Waals surface area contributed by atoms with Crippen molar-refractivity contribution in [3.8, 4) is 11.5 Å². The fourth-order valence-electron chi connectivity index (χ4n) is 3.87. The van der Waals surface area contributed by atoms with Crippen LogP contribution in [-0.2, 0) is 11.4 Å². The van der Waals surface area contributed by atoms with Gasteiger partial charge in [0.1, 0.15) is 24.7 Å². The first-order valence-corrected chi connectivity index (χ1v) is 13.1. The van der Waals surface area contributed by atoms with Gasteiger partial charge in [-0.25, -0.2) is 0 Å². The highest BCUT2D eigenvalue weighted by atomic mass is 35.5. The molecular weight excluding hydrogens is 529 g/mol. The van der Waals surface area contributed by atoms with Crippen LogP contribution in [0.3, 0.4) is 0 Å². The van der Waals surface area contributed by atoms with Crippen LogP contribution >= 0.6 is 35.0 Å². The van der Waals surface area contributed by atoms with Gasteiger partial charge in [-0.15, -0.1) is 0 Å². The van der Waals surface area contributed by atoms with Gasteiger partial charge in [-0.3, -0.25) is 14.5 Å². The van der Waals surface area contributed by atoms with Gasteiger partial charge in [-0.05, 0) is 64.7 Å². The van der Waals surface area contributed by atoms with E-state index in [0.717, 1.165) is 39.4 Å². The Bertz CT molecular complexity index is 1500. The van der Waals surface area contributed by atoms with E-state index >= 15 is 0 Å². The van der Waals surface area contributed by atoms with Crippen molar-refractivity contribution in [3.63, 3.8) is 0 Å². The minimum absolute atomic E-state index is 0.173. The van der Waals surface area contributed by atoms with Crippen molar-refractivity contribution in [1.29, 1.82) is 0 Å². The molecule has 1 fully saturated rings. The lowest BCUT2D eigenvalue weighted by Gasteiger charge is -2.14. The van der Waals surface area contributed by atoms with Crippen molar-refractivity contribution in [1.82, 2.24) is 4.90 Å². The van der Waals surface area contributed by atoms with Crippen LogP contribution in [0.5, 0.6) is 11.5 Å². The lowest BCUT2D eigenvalue weighted by atomic mass is 10.1. The standard InChI is InChI=1S/C29H21Cl2NO4S/c30-24-13-10-20(16-25(24)31)18-36-22-11-8-19(9-12-22)17-27-28(33)32(29(34)37-27)14-15-35-26-7-3-5-21-4-1-2-6-23(21)26/h1-13,16-17H,14-15,18H2/b27-17-. The number of ether oxygens (including phenoxy) is 2.